The summed E-state index contributed by atoms with van der Waals surface area (Å²) in [5, 5.41) is 6.87. The Morgan fingerprint density at radius 1 is 0.763 bits per heavy atom. The molecule has 0 bridgehead atoms. The van der Waals surface area contributed by atoms with E-state index in [1.165, 1.54) is 0 Å². The first-order valence-corrected chi connectivity index (χ1v) is 21.5. The van der Waals surface area contributed by atoms with Crippen molar-refractivity contribution >= 4 is 122 Å². The van der Waals surface area contributed by atoms with Gasteiger partial charge >= 0.3 is 12.2 Å². The summed E-state index contributed by atoms with van der Waals surface area (Å²) in [6, 6.07) is 19.0. The molecule has 0 unspecified atom stereocenters. The summed E-state index contributed by atoms with van der Waals surface area (Å²) >= 11 is 15.2. The molecule has 5 N–H and O–H groups in total. The van der Waals surface area contributed by atoms with E-state index in [-0.39, 0.29) is 71.9 Å². The van der Waals surface area contributed by atoms with Gasteiger partial charge in [-0.2, -0.15) is 27.0 Å². The van der Waals surface area contributed by atoms with Gasteiger partial charge < -0.3 is 20.4 Å². The van der Waals surface area contributed by atoms with Crippen LogP contribution in [0, 0.1) is 0 Å². The molecule has 21 heteroatoms. The van der Waals surface area contributed by atoms with Gasteiger partial charge in [0.15, 0.2) is 11.0 Å². The lowest BCUT2D eigenvalue weighted by Gasteiger charge is -2.23. The largest absolute Gasteiger partial charge is 0.445 e. The minimum Gasteiger partial charge on any atom is -0.445 e. The summed E-state index contributed by atoms with van der Waals surface area (Å²) in [6.45, 7) is 1.80. The number of carbonyl (C=O) groups is 2. The first-order valence-electron chi connectivity index (χ1n) is 17.3. The van der Waals surface area contributed by atoms with Crippen LogP contribution < -0.4 is 11.6 Å². The van der Waals surface area contributed by atoms with Gasteiger partial charge in [0, 0.05) is 37.9 Å². The number of hydrogen-bond donors (Lipinski definition) is 3. The fourth-order valence-corrected chi connectivity index (χ4v) is 8.10. The third kappa shape index (κ3) is 12.4. The second-order valence-corrected chi connectivity index (χ2v) is 14.1. The Kier molecular flexibility index (Phi) is 22.3. The zero-order valence-corrected chi connectivity index (χ0v) is 39.3. The van der Waals surface area contributed by atoms with Gasteiger partial charge in [0.2, 0.25) is 0 Å². The number of nitrogens with zero attached hydrogens (tertiary/aromatic N) is 8. The number of anilines is 1. The Bertz CT molecular complexity index is 2070. The molecule has 0 aliphatic carbocycles. The standard InChI is InChI=1S/C18H16BrClN4O2.C18H18BrN5O2.CH3I.CH4.H3NO.2H2S/c2*19-15-14-16(20)21-8-10-24(14)17(22-15)13-7-4-9-23(13)18(25)26-11-12-5-2-1-3-6-12;1-2;;1-2;;/h1-3,5-6,8,10,13H,4,7,9,11H2;1-3,5-6,8,10,13H,4,7,9,11H2,(H2,20,21);1H3;1H4;2H,1H2;2*1H2/t2*13-;;;;;/m00...../s1. The summed E-state index contributed by atoms with van der Waals surface area (Å²) in [5.74, 6) is 5.41. The van der Waals surface area contributed by atoms with E-state index in [0.717, 1.165) is 48.5 Å². The molecule has 15 nitrogen and oxygen atoms in total. The van der Waals surface area contributed by atoms with Crippen LogP contribution in [0.3, 0.4) is 0 Å². The van der Waals surface area contributed by atoms with Crippen LogP contribution >= 0.6 is 93.0 Å². The smallest absolute Gasteiger partial charge is 0.410 e. The predicted molar refractivity (Wildman–Crippen MR) is 255 cm³/mol. The van der Waals surface area contributed by atoms with Crippen LogP contribution in [0.1, 0.15) is 68.0 Å². The summed E-state index contributed by atoms with van der Waals surface area (Å²) in [5.41, 5.74) is 9.31. The van der Waals surface area contributed by atoms with Gasteiger partial charge in [0.1, 0.15) is 45.1 Å². The molecule has 6 heterocycles. The van der Waals surface area contributed by atoms with Gasteiger partial charge in [-0.25, -0.2) is 35.4 Å². The van der Waals surface area contributed by atoms with E-state index in [1.807, 2.05) is 80.6 Å². The van der Waals surface area contributed by atoms with E-state index in [2.05, 4.69) is 80.3 Å². The maximum absolute atomic E-state index is 12.6. The van der Waals surface area contributed by atoms with Gasteiger partial charge in [-0.15, -0.1) is 0 Å². The highest BCUT2D eigenvalue weighted by atomic mass is 127. The predicted octanol–water partition coefficient (Wildman–Crippen LogP) is 9.41. The molecule has 6 aromatic rings. The Balaban J connectivity index is 0.000000359. The summed E-state index contributed by atoms with van der Waals surface area (Å²) in [6.07, 6.45) is 9.67. The molecule has 2 aromatic carbocycles. The highest BCUT2D eigenvalue weighted by Crippen LogP contribution is 2.37. The molecule has 320 valence electrons. The van der Waals surface area contributed by atoms with Crippen molar-refractivity contribution in [1.29, 1.82) is 0 Å². The molecule has 2 amide bonds. The summed E-state index contributed by atoms with van der Waals surface area (Å²) < 4.78 is 16.0. The maximum Gasteiger partial charge on any atom is 0.410 e. The third-order valence-electron chi connectivity index (χ3n) is 9.04. The lowest BCUT2D eigenvalue weighted by atomic mass is 10.2. The number of nitrogen functional groups attached to an aromatic ring is 1. The zero-order chi connectivity index (χ0) is 40.2. The molecule has 59 heavy (non-hydrogen) atoms. The molecule has 0 spiro atoms. The van der Waals surface area contributed by atoms with Crippen molar-refractivity contribution in [3.05, 3.63) is 123 Å². The normalized spacial score (nSPS) is 15.2. The third-order valence-corrected chi connectivity index (χ3v) is 10.4. The van der Waals surface area contributed by atoms with E-state index in [4.69, 9.17) is 32.0 Å². The van der Waals surface area contributed by atoms with Crippen LogP contribution in [0.2, 0.25) is 5.15 Å². The van der Waals surface area contributed by atoms with Gasteiger partial charge in [0.25, 0.3) is 0 Å². The lowest BCUT2D eigenvalue weighted by Crippen LogP contribution is -2.32. The Labute approximate surface area is 392 Å². The Morgan fingerprint density at radius 3 is 1.63 bits per heavy atom. The SMILES string of the molecule is C.CI.NO.Nc1nccn2c([C@@H]3CCCN3C(=O)OCc3ccccc3)nc(Br)c12.O=C(OCc1ccccc1)N1CCC[C@H]1c1nc(Br)c2c(Cl)nccn12.S.S. The molecule has 2 atom stereocenters. The summed E-state index contributed by atoms with van der Waals surface area (Å²) in [7, 11) is 0. The molecular weight excluding hydrogens is 1060 g/mol. The Morgan fingerprint density at radius 2 is 1.17 bits per heavy atom. The van der Waals surface area contributed by atoms with Gasteiger partial charge in [-0.1, -0.05) is 102 Å². The number of benzene rings is 2. The number of fused-ring (bicyclic) bond motifs is 2. The molecule has 0 saturated carbocycles. The van der Waals surface area contributed by atoms with Crippen molar-refractivity contribution in [2.75, 3.05) is 23.8 Å². The molecule has 2 saturated heterocycles. The molecule has 4 aromatic heterocycles. The van der Waals surface area contributed by atoms with Crippen molar-refractivity contribution < 1.29 is 24.3 Å². The first kappa shape index (κ1) is 51.8. The number of halogens is 4. The molecule has 2 aliphatic heterocycles. The minimum atomic E-state index is -0.329. The Hall–Kier alpha value is -3.38. The lowest BCUT2D eigenvalue weighted by molar-refractivity contribution is 0.0901. The van der Waals surface area contributed by atoms with E-state index in [0.29, 0.717) is 44.3 Å². The molecule has 0 radical (unpaired) electrons. The van der Waals surface area contributed by atoms with E-state index in [9.17, 15) is 9.59 Å². The molecular formula is C38H48Br2ClIN10O5S2. The number of aromatic nitrogens is 6. The van der Waals surface area contributed by atoms with Gasteiger partial charge in [-0.05, 0) is 73.6 Å². The van der Waals surface area contributed by atoms with Crippen molar-refractivity contribution in [3.8, 4) is 0 Å². The highest BCUT2D eigenvalue weighted by molar-refractivity contribution is 14.1. The fourth-order valence-electron chi connectivity index (χ4n) is 6.61. The number of alkyl halides is 1. The number of carbonyl (C=O) groups excluding carboxylic acids is 2. The molecule has 8 rings (SSSR count). The van der Waals surface area contributed by atoms with Gasteiger partial charge in [0.05, 0.1) is 12.1 Å². The van der Waals surface area contributed by atoms with Crippen LogP contribution in [0.4, 0.5) is 15.4 Å². The second-order valence-electron chi connectivity index (χ2n) is 12.3. The van der Waals surface area contributed by atoms with Crippen molar-refractivity contribution in [3.63, 3.8) is 0 Å². The maximum atomic E-state index is 12.6. The number of nitrogens with two attached hydrogens (primary N) is 2. The second kappa shape index (κ2) is 25.4. The minimum absolute atomic E-state index is 0. The van der Waals surface area contributed by atoms with Gasteiger partial charge in [-0.3, -0.25) is 18.6 Å². The first-order chi connectivity index (χ1) is 27.3. The molecule has 2 aliphatic rings. The van der Waals surface area contributed by atoms with E-state index in [1.54, 1.807) is 28.4 Å². The van der Waals surface area contributed by atoms with Crippen LogP contribution in [-0.4, -0.2) is 74.0 Å². The number of imidazole rings is 2. The fraction of sp³-hybridized carbons (Fsp3) is 0.316. The number of ether oxygens (including phenoxy) is 2. The average molecular weight is 1110 g/mol. The number of hydrogen-bond acceptors (Lipinski definition) is 11. The van der Waals surface area contributed by atoms with E-state index < -0.39 is 0 Å². The van der Waals surface area contributed by atoms with Crippen molar-refractivity contribution in [1.82, 2.24) is 38.5 Å². The monoisotopic (exact) mass is 1110 g/mol. The highest BCUT2D eigenvalue weighted by Gasteiger charge is 2.36. The number of likely N-dealkylation sites (tertiary alicyclic amines) is 2. The van der Waals surface area contributed by atoms with Crippen molar-refractivity contribution in [2.45, 2.75) is 58.4 Å². The van der Waals surface area contributed by atoms with Crippen molar-refractivity contribution in [2.24, 2.45) is 5.90 Å². The summed E-state index contributed by atoms with van der Waals surface area (Å²) in [4.78, 5) is 48.1. The van der Waals surface area contributed by atoms with Crippen LogP contribution in [0.5, 0.6) is 0 Å². The molecule has 2 fully saturated rings. The zero-order valence-electron chi connectivity index (χ0n) is 31.2. The number of amides is 2. The van der Waals surface area contributed by atoms with E-state index >= 15 is 0 Å². The number of rotatable bonds is 6. The average Bonchev–Trinajstić information content (AvgIpc) is 4.05. The van der Waals surface area contributed by atoms with Crippen LogP contribution in [-0.2, 0) is 22.7 Å². The van der Waals surface area contributed by atoms with Crippen LogP contribution in [0.25, 0.3) is 11.0 Å². The quantitative estimate of drug-likeness (QED) is 0.0818. The topological polar surface area (TPSA) is 192 Å². The van der Waals surface area contributed by atoms with Crippen LogP contribution in [0.15, 0.2) is 94.7 Å².